The Morgan fingerprint density at radius 2 is 1.54 bits per heavy atom. The van der Waals surface area contributed by atoms with Crippen LogP contribution in [-0.4, -0.2) is 109 Å². The maximum Gasteiger partial charge on any atom is 0.338 e. The molecule has 4 aliphatic carbocycles. The number of fused-ring (bicyclic) bond motifs is 8. The average Bonchev–Trinajstić information content (AvgIpc) is 3.92. The highest BCUT2D eigenvalue weighted by molar-refractivity contribution is 5.89. The first kappa shape index (κ1) is 39.6. The van der Waals surface area contributed by atoms with Crippen LogP contribution in [0.1, 0.15) is 75.2 Å². The van der Waals surface area contributed by atoms with Crippen LogP contribution in [-0.2, 0) is 39.2 Å². The highest BCUT2D eigenvalue weighted by Gasteiger charge is 2.91. The van der Waals surface area contributed by atoms with Crippen LogP contribution in [0.15, 0.2) is 85.0 Å². The van der Waals surface area contributed by atoms with Crippen molar-refractivity contribution in [2.45, 2.75) is 130 Å². The molecule has 316 valence electrons. The van der Waals surface area contributed by atoms with Crippen molar-refractivity contribution in [2.24, 2.45) is 35.5 Å². The number of aliphatic hydroxyl groups excluding tert-OH is 2. The zero-order valence-electron chi connectivity index (χ0n) is 33.5. The fourth-order valence-corrected chi connectivity index (χ4v) is 13.0. The number of ether oxygens (including phenoxy) is 6. The molecule has 5 N–H and O–H groups in total. The van der Waals surface area contributed by atoms with Crippen molar-refractivity contribution in [3.8, 4) is 0 Å². The van der Waals surface area contributed by atoms with Crippen molar-refractivity contribution in [3.05, 3.63) is 96.1 Å². The quantitative estimate of drug-likeness (QED) is 0.223. The molecule has 0 radical (unpaired) electrons. The fourth-order valence-electron chi connectivity index (χ4n) is 13.0. The first-order valence-corrected chi connectivity index (χ1v) is 21.2. The van der Waals surface area contributed by atoms with E-state index in [4.69, 9.17) is 28.4 Å². The minimum absolute atomic E-state index is 0.0352. The van der Waals surface area contributed by atoms with E-state index in [0.29, 0.717) is 36.8 Å². The van der Waals surface area contributed by atoms with E-state index >= 15 is 0 Å². The van der Waals surface area contributed by atoms with E-state index in [1.54, 1.807) is 55.5 Å². The molecule has 12 rings (SSSR count). The Labute approximate surface area is 342 Å². The zero-order chi connectivity index (χ0) is 41.3. The normalized spacial score (nSPS) is 51.7. The molecule has 2 aromatic carbocycles. The Morgan fingerprint density at radius 1 is 0.864 bits per heavy atom. The van der Waals surface area contributed by atoms with E-state index in [-0.39, 0.29) is 24.7 Å². The molecular weight excluding hydrogens is 760 g/mol. The first-order chi connectivity index (χ1) is 28.2. The van der Waals surface area contributed by atoms with E-state index in [2.05, 4.69) is 0 Å². The van der Waals surface area contributed by atoms with Gasteiger partial charge < -0.3 is 54.0 Å². The lowest BCUT2D eigenvalue weighted by atomic mass is 9.49. The molecule has 4 saturated heterocycles. The van der Waals surface area contributed by atoms with Crippen LogP contribution >= 0.6 is 0 Å². The molecule has 13 nitrogen and oxygen atoms in total. The van der Waals surface area contributed by atoms with Gasteiger partial charge in [0.25, 0.3) is 0 Å². The molecule has 59 heavy (non-hydrogen) atoms. The van der Waals surface area contributed by atoms with Gasteiger partial charge in [0.1, 0.15) is 53.4 Å². The Balaban J connectivity index is 1.11. The summed E-state index contributed by atoms with van der Waals surface area (Å²) in [5.41, 5.74) is -8.37. The number of allylic oxidation sites excluding steroid dienone is 2. The van der Waals surface area contributed by atoms with Crippen LogP contribution in [0, 0.1) is 35.5 Å². The van der Waals surface area contributed by atoms with Gasteiger partial charge in [-0.3, -0.25) is 0 Å². The van der Waals surface area contributed by atoms with Crippen molar-refractivity contribution in [1.29, 1.82) is 0 Å². The summed E-state index contributed by atoms with van der Waals surface area (Å²) >= 11 is 0. The Hall–Kier alpha value is -3.50. The number of aliphatic hydroxyl groups is 5. The lowest BCUT2D eigenvalue weighted by Crippen LogP contribution is -2.89. The molecule has 13 heteroatoms. The minimum Gasteiger partial charge on any atom is -0.456 e. The van der Waals surface area contributed by atoms with E-state index < -0.39 is 113 Å². The number of rotatable bonds is 4. The number of carbonyl (C=O) groups excluding carboxylic acids is 2. The van der Waals surface area contributed by atoms with Crippen LogP contribution in [0.4, 0.5) is 0 Å². The summed E-state index contributed by atoms with van der Waals surface area (Å²) in [6.07, 6.45) is 2.22. The summed E-state index contributed by atoms with van der Waals surface area (Å²) in [5.74, 6) is -6.38. The maximum atomic E-state index is 13.7. The second-order valence-electron chi connectivity index (χ2n) is 18.9. The molecule has 10 aliphatic rings. The number of hydrogen-bond acceptors (Lipinski definition) is 13. The summed E-state index contributed by atoms with van der Waals surface area (Å²) in [7, 11) is 0. The summed E-state index contributed by atoms with van der Waals surface area (Å²) < 4.78 is 39.5. The number of carbonyl (C=O) groups is 2. The van der Waals surface area contributed by atoms with E-state index in [0.717, 1.165) is 0 Å². The van der Waals surface area contributed by atoms with Crippen molar-refractivity contribution in [3.63, 3.8) is 0 Å². The largest absolute Gasteiger partial charge is 0.456 e. The van der Waals surface area contributed by atoms with Gasteiger partial charge in [-0.1, -0.05) is 74.5 Å². The van der Waals surface area contributed by atoms with Gasteiger partial charge in [-0.25, -0.2) is 9.59 Å². The molecule has 6 heterocycles. The summed E-state index contributed by atoms with van der Waals surface area (Å²) in [4.78, 5) is 27.0. The number of epoxide rings is 1. The predicted octanol–water partition coefficient (Wildman–Crippen LogP) is 3.45. The molecule has 1 spiro atoms. The van der Waals surface area contributed by atoms with Crippen molar-refractivity contribution in [2.75, 3.05) is 6.61 Å². The third-order valence-electron chi connectivity index (χ3n) is 15.9. The molecule has 0 aromatic heterocycles. The zero-order valence-corrected chi connectivity index (χ0v) is 33.5. The van der Waals surface area contributed by atoms with E-state index in [1.807, 2.05) is 38.1 Å². The minimum atomic E-state index is -2.22. The molecule has 8 fully saturated rings. The van der Waals surface area contributed by atoms with Crippen LogP contribution in [0.5, 0.6) is 0 Å². The Bertz CT molecular complexity index is 2030. The molecular formula is C46H54O13. The first-order valence-electron chi connectivity index (χ1n) is 21.2. The fraction of sp³-hybridized carbons (Fsp3) is 0.609. The molecule has 0 amide bonds. The molecule has 6 aliphatic heterocycles. The monoisotopic (exact) mass is 814 g/mol. The van der Waals surface area contributed by atoms with Crippen LogP contribution in [0.3, 0.4) is 0 Å². The van der Waals surface area contributed by atoms with Gasteiger partial charge in [-0.2, -0.15) is 0 Å². The smallest absolute Gasteiger partial charge is 0.338 e. The van der Waals surface area contributed by atoms with Gasteiger partial charge in [0.05, 0.1) is 23.4 Å². The number of esters is 2. The second-order valence-corrected chi connectivity index (χ2v) is 18.9. The summed E-state index contributed by atoms with van der Waals surface area (Å²) in [6, 6.07) is 17.8. The Kier molecular flexibility index (Phi) is 9.07. The third-order valence-corrected chi connectivity index (χ3v) is 15.9. The standard InChI is InChI=1S/C46H54O13/c1-25-22-32-43(52)35(25)55-33(48)17-11-10-16-31(54-39(49)29-12-6-4-7-13-29)28-20-18-27(19-21-28)23-41(3,51)45(53)36-26(2)44(32)34(37-42(24-47,56-37)40(43)50)38(45)58-46(57-36,59-44)30-14-8-5-9-15-30/h4-17,25-28,31-32,34-38,40,47,50-53H,18-24H2,1-3H3/b16-10-,17-11-/t25-,26+,27?,28?,31+,32+,34?,35-,36-,37-,38+,40+,41+,42-,43+,44-,45-,46-/m0/s1. The van der Waals surface area contributed by atoms with Crippen molar-refractivity contribution >= 4 is 11.9 Å². The van der Waals surface area contributed by atoms with E-state index in [9.17, 15) is 35.1 Å². The lowest BCUT2D eigenvalue weighted by Gasteiger charge is -2.74. The SMILES string of the molecule is C[C@@H]1[C@@H]2O[C@@]3(c4ccccc4)O[C@@H]4C5[C@@H]6O[C@]6(CO)[C@@H](O)[C@]6(O)[C@@H](OC(=O)/C=C\C=C/[C@@H](OC(=O)c7ccccc7)C7CCC(CC7)C[C@@](C)(O)[C@@]42O)[C@@H](C)C[C@H]6[C@]51O3. The van der Waals surface area contributed by atoms with Crippen molar-refractivity contribution in [1.82, 2.24) is 0 Å². The average molecular weight is 815 g/mol. The van der Waals surface area contributed by atoms with E-state index in [1.165, 1.54) is 12.2 Å². The molecule has 4 saturated carbocycles. The number of benzene rings is 2. The number of hydrogen-bond donors (Lipinski definition) is 5. The van der Waals surface area contributed by atoms with Gasteiger partial charge in [0.2, 0.25) is 0 Å². The summed E-state index contributed by atoms with van der Waals surface area (Å²) in [6.45, 7) is 4.62. The molecule has 1 unspecified atom stereocenters. The van der Waals surface area contributed by atoms with Crippen LogP contribution < -0.4 is 0 Å². The lowest BCUT2D eigenvalue weighted by molar-refractivity contribution is -0.595. The highest BCUT2D eigenvalue weighted by atomic mass is 16.9. The Morgan fingerprint density at radius 3 is 2.24 bits per heavy atom. The molecule has 2 aromatic rings. The van der Waals surface area contributed by atoms with Gasteiger partial charge in [-0.15, -0.1) is 0 Å². The van der Waals surface area contributed by atoms with Gasteiger partial charge in [-0.05, 0) is 81.4 Å². The summed E-state index contributed by atoms with van der Waals surface area (Å²) in [5, 5.41) is 63.2. The van der Waals surface area contributed by atoms with Gasteiger partial charge >= 0.3 is 17.9 Å². The molecule has 10 bridgehead atoms. The van der Waals surface area contributed by atoms with Crippen LogP contribution in [0.25, 0.3) is 0 Å². The predicted molar refractivity (Wildman–Crippen MR) is 207 cm³/mol. The van der Waals surface area contributed by atoms with Gasteiger partial charge in [0, 0.05) is 29.4 Å². The maximum absolute atomic E-state index is 13.7. The van der Waals surface area contributed by atoms with Crippen LogP contribution in [0.2, 0.25) is 0 Å². The van der Waals surface area contributed by atoms with Gasteiger partial charge in [0.15, 0.2) is 0 Å². The topological polar surface area (TPSA) is 194 Å². The molecule has 16 atom stereocenters. The second kappa shape index (κ2) is 13.5. The third kappa shape index (κ3) is 5.35. The highest BCUT2D eigenvalue weighted by Crippen LogP contribution is 2.75. The van der Waals surface area contributed by atoms with Crippen molar-refractivity contribution < 1.29 is 63.5 Å².